The predicted molar refractivity (Wildman–Crippen MR) is 99.2 cm³/mol. The first-order valence-corrected chi connectivity index (χ1v) is 10.1. The first kappa shape index (κ1) is 21.9. The maximum atomic E-state index is 12.8. The van der Waals surface area contributed by atoms with Gasteiger partial charge >= 0.3 is 14.7 Å². The maximum Gasteiger partial charge on any atom is 0.461 e. The Labute approximate surface area is 148 Å². The molecule has 1 saturated heterocycles. The summed E-state index contributed by atoms with van der Waals surface area (Å²) in [5.74, 6) is 0.303. The lowest BCUT2D eigenvalue weighted by molar-refractivity contribution is 0.00578. The summed E-state index contributed by atoms with van der Waals surface area (Å²) in [5.41, 5.74) is -0.709. The van der Waals surface area contributed by atoms with Crippen LogP contribution in [-0.2, 0) is 22.9 Å². The highest BCUT2D eigenvalue weighted by Gasteiger charge is 2.54. The average Bonchev–Trinajstić information content (AvgIpc) is 2.74. The van der Waals surface area contributed by atoms with E-state index in [1.807, 2.05) is 19.9 Å². The van der Waals surface area contributed by atoms with Crippen LogP contribution in [0.25, 0.3) is 0 Å². The van der Waals surface area contributed by atoms with Crippen LogP contribution in [0.4, 0.5) is 0 Å². The van der Waals surface area contributed by atoms with Crippen LogP contribution >= 0.6 is 7.60 Å². The molecule has 1 aliphatic heterocycles. The number of rotatable bonds is 7. The fraction of sp³-hybridized carbons (Fsp3) is 0.882. The fourth-order valence-electron chi connectivity index (χ4n) is 3.03. The van der Waals surface area contributed by atoms with Crippen LogP contribution in [-0.4, -0.2) is 32.5 Å². The van der Waals surface area contributed by atoms with E-state index in [2.05, 4.69) is 41.5 Å². The molecular weight excluding hydrogens is 326 g/mol. The van der Waals surface area contributed by atoms with E-state index in [0.29, 0.717) is 5.31 Å². The molecule has 0 amide bonds. The number of hydrogen-bond donors (Lipinski definition) is 0. The van der Waals surface area contributed by atoms with Gasteiger partial charge in [-0.2, -0.15) is 0 Å². The topological polar surface area (TPSA) is 54.0 Å². The van der Waals surface area contributed by atoms with Gasteiger partial charge in [0.05, 0.1) is 11.2 Å². The van der Waals surface area contributed by atoms with Crippen LogP contribution < -0.4 is 0 Å². The van der Waals surface area contributed by atoms with Crippen molar-refractivity contribution >= 4 is 14.7 Å². The zero-order chi connectivity index (χ0) is 18.9. The molecule has 1 heterocycles. The molecule has 1 rings (SSSR count). The Bertz CT molecular complexity index is 493. The van der Waals surface area contributed by atoms with E-state index in [0.717, 1.165) is 0 Å². The molecule has 0 saturated carbocycles. The van der Waals surface area contributed by atoms with Crippen LogP contribution in [0.3, 0.4) is 0 Å². The van der Waals surface area contributed by atoms with Crippen LogP contribution in [0.2, 0.25) is 5.82 Å². The molecule has 0 aromatic rings. The van der Waals surface area contributed by atoms with Gasteiger partial charge in [0.2, 0.25) is 0 Å². The quantitative estimate of drug-likeness (QED) is 0.465. The normalized spacial score (nSPS) is 24.8. The molecule has 0 N–H and O–H groups in total. The van der Waals surface area contributed by atoms with E-state index in [9.17, 15) is 4.57 Å². The largest absolute Gasteiger partial charge is 0.461 e. The zero-order valence-electron chi connectivity index (χ0n) is 16.9. The SMILES string of the molecule is C/C=C(\C(C)[C@H](C)[C@@H](C)B1OC(C)(C)C(C)(C)O1)P(=O)(OC)OC. The fourth-order valence-corrected chi connectivity index (χ4v) is 4.65. The average molecular weight is 360 g/mol. The van der Waals surface area contributed by atoms with E-state index in [4.69, 9.17) is 18.4 Å². The van der Waals surface area contributed by atoms with E-state index < -0.39 is 7.60 Å². The van der Waals surface area contributed by atoms with Crippen molar-refractivity contribution in [1.29, 1.82) is 0 Å². The van der Waals surface area contributed by atoms with Gasteiger partial charge in [-0.15, -0.1) is 0 Å². The number of allylic oxidation sites excluding steroid dienone is 2. The molecule has 0 spiro atoms. The molecular formula is C17H34BO5P. The third-order valence-electron chi connectivity index (χ3n) is 5.88. The highest BCUT2D eigenvalue weighted by atomic mass is 31.2. The van der Waals surface area contributed by atoms with Crippen LogP contribution in [0.1, 0.15) is 55.4 Å². The Morgan fingerprint density at radius 1 is 1.04 bits per heavy atom. The van der Waals surface area contributed by atoms with Crippen molar-refractivity contribution in [2.45, 2.75) is 72.4 Å². The Morgan fingerprint density at radius 2 is 1.46 bits per heavy atom. The van der Waals surface area contributed by atoms with Gasteiger partial charge in [0.25, 0.3) is 0 Å². The molecule has 24 heavy (non-hydrogen) atoms. The second-order valence-corrected chi connectivity index (χ2v) is 9.95. The summed E-state index contributed by atoms with van der Waals surface area (Å²) in [7, 11) is -0.702. The predicted octanol–water partition coefficient (Wildman–Crippen LogP) is 5.13. The van der Waals surface area contributed by atoms with Gasteiger partial charge in [-0.25, -0.2) is 0 Å². The lowest BCUT2D eigenvalue weighted by Crippen LogP contribution is -2.41. The zero-order valence-corrected chi connectivity index (χ0v) is 17.8. The molecule has 0 aromatic heterocycles. The van der Waals surface area contributed by atoms with Crippen molar-refractivity contribution in [1.82, 2.24) is 0 Å². The number of hydrogen-bond acceptors (Lipinski definition) is 5. The van der Waals surface area contributed by atoms with Crippen LogP contribution in [0.15, 0.2) is 11.4 Å². The van der Waals surface area contributed by atoms with Crippen molar-refractivity contribution in [2.75, 3.05) is 14.2 Å². The van der Waals surface area contributed by atoms with Crippen molar-refractivity contribution < 1.29 is 22.9 Å². The van der Waals surface area contributed by atoms with E-state index in [-0.39, 0.29) is 36.0 Å². The van der Waals surface area contributed by atoms with Crippen molar-refractivity contribution in [3.63, 3.8) is 0 Å². The van der Waals surface area contributed by atoms with E-state index in [1.165, 1.54) is 14.2 Å². The van der Waals surface area contributed by atoms with Gasteiger partial charge in [0.1, 0.15) is 0 Å². The summed E-state index contributed by atoms with van der Waals surface area (Å²) in [6.45, 7) is 16.4. The molecule has 0 aliphatic carbocycles. The molecule has 0 radical (unpaired) electrons. The molecule has 7 heteroatoms. The van der Waals surface area contributed by atoms with Crippen molar-refractivity contribution in [2.24, 2.45) is 11.8 Å². The first-order valence-electron chi connectivity index (χ1n) is 8.60. The van der Waals surface area contributed by atoms with Gasteiger partial charge in [-0.05, 0) is 52.3 Å². The molecule has 1 aliphatic rings. The Hall–Kier alpha value is -0.125. The van der Waals surface area contributed by atoms with Gasteiger partial charge in [-0.3, -0.25) is 4.57 Å². The van der Waals surface area contributed by atoms with Crippen LogP contribution in [0, 0.1) is 11.8 Å². The third kappa shape index (κ3) is 3.99. The summed E-state index contributed by atoms with van der Waals surface area (Å²) in [6.07, 6.45) is 1.84. The lowest BCUT2D eigenvalue weighted by Gasteiger charge is -2.32. The lowest BCUT2D eigenvalue weighted by atomic mass is 9.63. The van der Waals surface area contributed by atoms with Gasteiger partial charge in [0, 0.05) is 19.5 Å². The van der Waals surface area contributed by atoms with E-state index >= 15 is 0 Å². The minimum Gasteiger partial charge on any atom is -0.403 e. The standard InChI is InChI=1S/C17H34BO5P/c1-11-15(24(19,20-9)21-10)13(3)12(2)14(4)18-22-16(5,6)17(7,8)23-18/h11-14H,1-10H3/b15-11+/t12-,13?,14+/m0/s1. The Kier molecular flexibility index (Phi) is 6.97. The highest BCUT2D eigenvalue weighted by molar-refractivity contribution is 7.58. The molecule has 5 nitrogen and oxygen atoms in total. The van der Waals surface area contributed by atoms with Crippen molar-refractivity contribution in [3.05, 3.63) is 11.4 Å². The minimum atomic E-state index is -3.24. The van der Waals surface area contributed by atoms with Crippen LogP contribution in [0.5, 0.6) is 0 Å². The van der Waals surface area contributed by atoms with Gasteiger partial charge in [0.15, 0.2) is 0 Å². The van der Waals surface area contributed by atoms with Gasteiger partial charge < -0.3 is 18.4 Å². The molecule has 1 unspecified atom stereocenters. The molecule has 0 aromatic carbocycles. The summed E-state index contributed by atoms with van der Waals surface area (Å²) >= 11 is 0. The Balaban J connectivity index is 2.97. The monoisotopic (exact) mass is 360 g/mol. The summed E-state index contributed by atoms with van der Waals surface area (Å²) in [4.78, 5) is 0. The summed E-state index contributed by atoms with van der Waals surface area (Å²) < 4.78 is 35.5. The Morgan fingerprint density at radius 3 is 1.79 bits per heavy atom. The minimum absolute atomic E-state index is 0.00904. The van der Waals surface area contributed by atoms with Crippen molar-refractivity contribution in [3.8, 4) is 0 Å². The molecule has 3 atom stereocenters. The van der Waals surface area contributed by atoms with Gasteiger partial charge in [-0.1, -0.05) is 26.8 Å². The molecule has 0 bridgehead atoms. The smallest absolute Gasteiger partial charge is 0.403 e. The third-order valence-corrected chi connectivity index (χ3v) is 8.14. The highest BCUT2D eigenvalue weighted by Crippen LogP contribution is 2.59. The molecule has 1 fully saturated rings. The second-order valence-electron chi connectivity index (χ2n) is 7.71. The van der Waals surface area contributed by atoms with E-state index in [1.54, 1.807) is 0 Å². The molecule has 140 valence electrons. The summed E-state index contributed by atoms with van der Waals surface area (Å²) in [6, 6.07) is 0. The maximum absolute atomic E-state index is 12.8. The summed E-state index contributed by atoms with van der Waals surface area (Å²) in [5, 5.41) is 0.698. The second kappa shape index (κ2) is 7.63. The first-order chi connectivity index (χ1) is 10.9.